The monoisotopic (exact) mass is 214 g/mol. The van der Waals surface area contributed by atoms with Crippen LogP contribution in [0.25, 0.3) is 0 Å². The highest BCUT2D eigenvalue weighted by Crippen LogP contribution is 2.13. The molecule has 1 heterocycles. The van der Waals surface area contributed by atoms with Crippen molar-refractivity contribution in [3.05, 3.63) is 0 Å². The first kappa shape index (κ1) is 12.3. The molecule has 4 N–H and O–H groups in total. The Bertz CT molecular complexity index is 198. The number of nitrogens with zero attached hydrogens (tertiary/aromatic N) is 1. The SMILES string of the molecule is CN1CCCC(CNC(=O)NCCN)C1. The first-order chi connectivity index (χ1) is 7.22. The lowest BCUT2D eigenvalue weighted by molar-refractivity contribution is 0.202. The Balaban J connectivity index is 2.10. The predicted octanol–water partition coefficient (Wildman–Crippen LogP) is -0.414. The van der Waals surface area contributed by atoms with Gasteiger partial charge in [-0.05, 0) is 32.4 Å². The molecule has 1 rings (SSSR count). The number of piperidine rings is 1. The van der Waals surface area contributed by atoms with Gasteiger partial charge in [-0.3, -0.25) is 0 Å². The zero-order valence-corrected chi connectivity index (χ0v) is 9.46. The molecule has 1 saturated heterocycles. The summed E-state index contributed by atoms with van der Waals surface area (Å²) in [6.07, 6.45) is 2.44. The minimum Gasteiger partial charge on any atom is -0.338 e. The molecular formula is C10H22N4O. The van der Waals surface area contributed by atoms with E-state index >= 15 is 0 Å². The van der Waals surface area contributed by atoms with Crippen LogP contribution in [0.5, 0.6) is 0 Å². The Hall–Kier alpha value is -0.810. The fourth-order valence-electron chi connectivity index (χ4n) is 1.93. The number of nitrogens with two attached hydrogens (primary N) is 1. The summed E-state index contributed by atoms with van der Waals surface area (Å²) in [6.45, 7) is 4.05. The van der Waals surface area contributed by atoms with Crippen molar-refractivity contribution in [3.63, 3.8) is 0 Å². The van der Waals surface area contributed by atoms with Gasteiger partial charge in [-0.25, -0.2) is 4.79 Å². The minimum atomic E-state index is -0.103. The van der Waals surface area contributed by atoms with Gasteiger partial charge in [-0.1, -0.05) is 0 Å². The van der Waals surface area contributed by atoms with Crippen LogP contribution in [0.3, 0.4) is 0 Å². The van der Waals surface area contributed by atoms with E-state index in [4.69, 9.17) is 5.73 Å². The van der Waals surface area contributed by atoms with Crippen LogP contribution in [0, 0.1) is 5.92 Å². The molecule has 0 bridgehead atoms. The maximum atomic E-state index is 11.2. The van der Waals surface area contributed by atoms with Gasteiger partial charge >= 0.3 is 6.03 Å². The van der Waals surface area contributed by atoms with E-state index in [9.17, 15) is 4.79 Å². The number of hydrogen-bond donors (Lipinski definition) is 3. The van der Waals surface area contributed by atoms with Crippen LogP contribution < -0.4 is 16.4 Å². The molecule has 0 aromatic rings. The molecule has 0 radical (unpaired) electrons. The lowest BCUT2D eigenvalue weighted by atomic mass is 9.99. The molecule has 5 nitrogen and oxygen atoms in total. The predicted molar refractivity (Wildman–Crippen MR) is 60.7 cm³/mol. The summed E-state index contributed by atoms with van der Waals surface area (Å²) in [4.78, 5) is 13.5. The van der Waals surface area contributed by atoms with Gasteiger partial charge in [0.15, 0.2) is 0 Å². The molecule has 2 amide bonds. The molecule has 1 atom stereocenters. The second-order valence-corrected chi connectivity index (χ2v) is 4.20. The van der Waals surface area contributed by atoms with E-state index in [-0.39, 0.29) is 6.03 Å². The lowest BCUT2D eigenvalue weighted by Crippen LogP contribution is -2.43. The summed E-state index contributed by atoms with van der Waals surface area (Å²) < 4.78 is 0. The lowest BCUT2D eigenvalue weighted by Gasteiger charge is -2.29. The van der Waals surface area contributed by atoms with Gasteiger partial charge in [-0.15, -0.1) is 0 Å². The molecule has 0 aromatic heterocycles. The summed E-state index contributed by atoms with van der Waals surface area (Å²) in [5, 5.41) is 5.57. The highest BCUT2D eigenvalue weighted by molar-refractivity contribution is 5.73. The van der Waals surface area contributed by atoms with Crippen molar-refractivity contribution >= 4 is 6.03 Å². The molecule has 88 valence electrons. The van der Waals surface area contributed by atoms with Crippen LogP contribution in [-0.2, 0) is 0 Å². The number of rotatable bonds is 4. The van der Waals surface area contributed by atoms with Gasteiger partial charge < -0.3 is 21.3 Å². The second kappa shape index (κ2) is 6.63. The van der Waals surface area contributed by atoms with E-state index in [1.54, 1.807) is 0 Å². The Kier molecular flexibility index (Phi) is 5.42. The van der Waals surface area contributed by atoms with Crippen LogP contribution in [0.2, 0.25) is 0 Å². The van der Waals surface area contributed by atoms with Crippen LogP contribution in [0.4, 0.5) is 4.79 Å². The average molecular weight is 214 g/mol. The van der Waals surface area contributed by atoms with Crippen molar-refractivity contribution in [1.29, 1.82) is 0 Å². The second-order valence-electron chi connectivity index (χ2n) is 4.20. The van der Waals surface area contributed by atoms with Crippen molar-refractivity contribution in [1.82, 2.24) is 15.5 Å². The number of nitrogens with one attached hydrogen (secondary N) is 2. The normalized spacial score (nSPS) is 22.4. The zero-order valence-electron chi connectivity index (χ0n) is 9.46. The van der Waals surface area contributed by atoms with Crippen LogP contribution >= 0.6 is 0 Å². The maximum absolute atomic E-state index is 11.2. The highest BCUT2D eigenvalue weighted by Gasteiger charge is 2.17. The Labute approximate surface area is 91.4 Å². The molecule has 0 aliphatic carbocycles. The number of amides is 2. The summed E-state index contributed by atoms with van der Waals surface area (Å²) >= 11 is 0. The minimum absolute atomic E-state index is 0.103. The molecule has 0 spiro atoms. The molecule has 0 aromatic carbocycles. The van der Waals surface area contributed by atoms with E-state index in [2.05, 4.69) is 22.6 Å². The smallest absolute Gasteiger partial charge is 0.314 e. The molecule has 0 saturated carbocycles. The van der Waals surface area contributed by atoms with E-state index in [0.29, 0.717) is 19.0 Å². The van der Waals surface area contributed by atoms with Gasteiger partial charge in [0.1, 0.15) is 0 Å². The van der Waals surface area contributed by atoms with Gasteiger partial charge in [0.05, 0.1) is 0 Å². The van der Waals surface area contributed by atoms with Gasteiger partial charge in [-0.2, -0.15) is 0 Å². The van der Waals surface area contributed by atoms with Gasteiger partial charge in [0.25, 0.3) is 0 Å². The Morgan fingerprint density at radius 2 is 2.33 bits per heavy atom. The van der Waals surface area contributed by atoms with Crippen molar-refractivity contribution in [2.24, 2.45) is 11.7 Å². The van der Waals surface area contributed by atoms with Crippen molar-refractivity contribution in [2.45, 2.75) is 12.8 Å². The molecule has 5 heteroatoms. The largest absolute Gasteiger partial charge is 0.338 e. The average Bonchev–Trinajstić information content (AvgIpc) is 2.23. The molecule has 1 aliphatic heterocycles. The van der Waals surface area contributed by atoms with Crippen molar-refractivity contribution in [3.8, 4) is 0 Å². The third-order valence-electron chi connectivity index (χ3n) is 2.70. The van der Waals surface area contributed by atoms with Gasteiger partial charge in [0, 0.05) is 26.2 Å². The van der Waals surface area contributed by atoms with Crippen molar-refractivity contribution < 1.29 is 4.79 Å². The standard InChI is InChI=1S/C10H22N4O/c1-14-6-2-3-9(8-14)7-13-10(15)12-5-4-11/h9H,2-8,11H2,1H3,(H2,12,13,15). The summed E-state index contributed by atoms with van der Waals surface area (Å²) in [6, 6.07) is -0.103. The first-order valence-corrected chi connectivity index (χ1v) is 5.62. The number of urea groups is 1. The summed E-state index contributed by atoms with van der Waals surface area (Å²) in [5.74, 6) is 0.590. The third-order valence-corrected chi connectivity index (χ3v) is 2.70. The molecule has 1 unspecified atom stereocenters. The van der Waals surface area contributed by atoms with Crippen LogP contribution in [0.15, 0.2) is 0 Å². The van der Waals surface area contributed by atoms with E-state index in [1.165, 1.54) is 19.4 Å². The van der Waals surface area contributed by atoms with Crippen LogP contribution in [0.1, 0.15) is 12.8 Å². The van der Waals surface area contributed by atoms with Gasteiger partial charge in [0.2, 0.25) is 0 Å². The molecule has 1 fully saturated rings. The Morgan fingerprint density at radius 1 is 1.53 bits per heavy atom. The van der Waals surface area contributed by atoms with E-state index in [1.807, 2.05) is 0 Å². The number of likely N-dealkylation sites (tertiary alicyclic amines) is 1. The summed E-state index contributed by atoms with van der Waals surface area (Å²) in [7, 11) is 2.13. The highest BCUT2D eigenvalue weighted by atomic mass is 16.2. The number of carbonyl (C=O) groups is 1. The number of hydrogen-bond acceptors (Lipinski definition) is 3. The fourth-order valence-corrected chi connectivity index (χ4v) is 1.93. The third kappa shape index (κ3) is 4.99. The fraction of sp³-hybridized carbons (Fsp3) is 0.900. The number of carbonyl (C=O) groups excluding carboxylic acids is 1. The first-order valence-electron chi connectivity index (χ1n) is 5.62. The zero-order chi connectivity index (χ0) is 11.1. The van der Waals surface area contributed by atoms with E-state index < -0.39 is 0 Å². The van der Waals surface area contributed by atoms with Crippen molar-refractivity contribution in [2.75, 3.05) is 39.8 Å². The van der Waals surface area contributed by atoms with E-state index in [0.717, 1.165) is 13.1 Å². The van der Waals surface area contributed by atoms with Crippen LogP contribution in [-0.4, -0.2) is 50.7 Å². The molecular weight excluding hydrogens is 192 g/mol. The maximum Gasteiger partial charge on any atom is 0.314 e. The summed E-state index contributed by atoms with van der Waals surface area (Å²) in [5.41, 5.74) is 5.28. The topological polar surface area (TPSA) is 70.4 Å². The Morgan fingerprint density at radius 3 is 3.00 bits per heavy atom. The molecule has 1 aliphatic rings. The quantitative estimate of drug-likeness (QED) is 0.595. The molecule has 15 heavy (non-hydrogen) atoms.